The first-order chi connectivity index (χ1) is 11.6. The number of ketones is 1. The summed E-state index contributed by atoms with van der Waals surface area (Å²) in [5.74, 6) is 0.229. The fourth-order valence-corrected chi connectivity index (χ4v) is 4.56. The first kappa shape index (κ1) is 15.3. The monoisotopic (exact) mass is 337 g/mol. The number of allylic oxidation sites excluding steroid dienone is 2. The summed E-state index contributed by atoms with van der Waals surface area (Å²) in [4.78, 5) is 28.5. The number of carbonyl (C=O) groups excluding carboxylic acids is 2. The molecule has 1 aromatic heterocycles. The van der Waals surface area contributed by atoms with Gasteiger partial charge in [-0.05, 0) is 43.3 Å². The molecule has 1 amide bonds. The van der Waals surface area contributed by atoms with E-state index in [0.29, 0.717) is 12.8 Å². The van der Waals surface area contributed by atoms with Crippen molar-refractivity contribution in [3.05, 3.63) is 63.5 Å². The van der Waals surface area contributed by atoms with Crippen molar-refractivity contribution >= 4 is 28.7 Å². The highest BCUT2D eigenvalue weighted by atomic mass is 32.1. The Labute approximate surface area is 145 Å². The number of hydrogen-bond donors (Lipinski definition) is 0. The minimum Gasteiger partial charge on any atom is -0.294 e. The van der Waals surface area contributed by atoms with Gasteiger partial charge >= 0.3 is 0 Å². The zero-order valence-corrected chi connectivity index (χ0v) is 14.4. The van der Waals surface area contributed by atoms with Gasteiger partial charge in [-0.15, -0.1) is 11.3 Å². The van der Waals surface area contributed by atoms with Gasteiger partial charge in [0.25, 0.3) is 0 Å². The van der Waals surface area contributed by atoms with Crippen LogP contribution in [-0.2, 0) is 9.59 Å². The number of anilines is 1. The van der Waals surface area contributed by atoms with Gasteiger partial charge < -0.3 is 0 Å². The van der Waals surface area contributed by atoms with Crippen LogP contribution < -0.4 is 4.90 Å². The van der Waals surface area contributed by atoms with Gasteiger partial charge in [-0.2, -0.15) is 0 Å². The number of carbonyl (C=O) groups is 2. The van der Waals surface area contributed by atoms with Gasteiger partial charge in [-0.3, -0.25) is 14.5 Å². The van der Waals surface area contributed by atoms with Crippen LogP contribution in [0.5, 0.6) is 0 Å². The Kier molecular flexibility index (Phi) is 3.85. The molecular weight excluding hydrogens is 318 g/mol. The number of hydrogen-bond acceptors (Lipinski definition) is 3. The van der Waals surface area contributed by atoms with E-state index >= 15 is 0 Å². The van der Waals surface area contributed by atoms with E-state index < -0.39 is 0 Å². The average Bonchev–Trinajstić information content (AvgIpc) is 3.10. The maximum absolute atomic E-state index is 12.9. The van der Waals surface area contributed by atoms with Crippen molar-refractivity contribution in [3.8, 4) is 0 Å². The minimum absolute atomic E-state index is 0.0676. The second-order valence-electron chi connectivity index (χ2n) is 6.47. The number of benzene rings is 1. The summed E-state index contributed by atoms with van der Waals surface area (Å²) in [6.45, 7) is 2.03. The van der Waals surface area contributed by atoms with E-state index in [0.717, 1.165) is 40.2 Å². The standard InChI is InChI=1S/C20H19NO2S/c1-13-7-9-14(10-8-13)21-16-4-2-5-17(22)20(16)15(12-19(21)23)18-6-3-11-24-18/h3,6-11,15H,2,4-5,12H2,1H3/t15-/m0/s1. The maximum atomic E-state index is 12.9. The molecule has 3 nitrogen and oxygen atoms in total. The molecule has 4 heteroatoms. The quantitative estimate of drug-likeness (QED) is 0.804. The molecule has 122 valence electrons. The van der Waals surface area contributed by atoms with Crippen LogP contribution in [0.3, 0.4) is 0 Å². The zero-order valence-electron chi connectivity index (χ0n) is 13.6. The molecule has 1 aliphatic heterocycles. The Morgan fingerprint density at radius 3 is 2.58 bits per heavy atom. The van der Waals surface area contributed by atoms with Crippen molar-refractivity contribution in [2.45, 2.75) is 38.5 Å². The molecule has 0 saturated heterocycles. The molecule has 1 aliphatic carbocycles. The predicted octanol–water partition coefficient (Wildman–Crippen LogP) is 4.58. The van der Waals surface area contributed by atoms with E-state index in [1.807, 2.05) is 48.7 Å². The minimum atomic E-state index is -0.0676. The molecule has 0 bridgehead atoms. The van der Waals surface area contributed by atoms with Crippen molar-refractivity contribution < 1.29 is 9.59 Å². The molecule has 2 heterocycles. The molecular formula is C20H19NO2S. The summed E-state index contributed by atoms with van der Waals surface area (Å²) in [6.07, 6.45) is 2.59. The van der Waals surface area contributed by atoms with Gasteiger partial charge in [0.05, 0.1) is 0 Å². The molecule has 4 rings (SSSR count). The van der Waals surface area contributed by atoms with E-state index in [1.165, 1.54) is 0 Å². The maximum Gasteiger partial charge on any atom is 0.232 e. The highest BCUT2D eigenvalue weighted by molar-refractivity contribution is 7.10. The lowest BCUT2D eigenvalue weighted by atomic mass is 9.79. The van der Waals surface area contributed by atoms with Crippen LogP contribution in [0.2, 0.25) is 0 Å². The van der Waals surface area contributed by atoms with Crippen LogP contribution in [0, 0.1) is 6.92 Å². The number of Topliss-reactive ketones (excluding diaryl/α,β-unsaturated/α-hetero) is 1. The predicted molar refractivity (Wildman–Crippen MR) is 96.2 cm³/mol. The first-order valence-electron chi connectivity index (χ1n) is 8.34. The Bertz CT molecular complexity index is 818. The number of rotatable bonds is 2. The fourth-order valence-electron chi connectivity index (χ4n) is 3.72. The Balaban J connectivity index is 1.85. The van der Waals surface area contributed by atoms with E-state index in [1.54, 1.807) is 16.2 Å². The SMILES string of the molecule is Cc1ccc(N2C(=O)C[C@@H](c3cccs3)C3=C2CCCC3=O)cc1. The molecule has 2 aromatic rings. The molecule has 0 fully saturated rings. The number of thiophene rings is 1. The van der Waals surface area contributed by atoms with Gasteiger partial charge in [0.15, 0.2) is 5.78 Å². The summed E-state index contributed by atoms with van der Waals surface area (Å²) < 4.78 is 0. The molecule has 0 unspecified atom stereocenters. The smallest absolute Gasteiger partial charge is 0.232 e. The van der Waals surface area contributed by atoms with E-state index in [9.17, 15) is 9.59 Å². The van der Waals surface area contributed by atoms with Crippen molar-refractivity contribution in [2.75, 3.05) is 4.90 Å². The van der Waals surface area contributed by atoms with Crippen molar-refractivity contribution in [1.29, 1.82) is 0 Å². The van der Waals surface area contributed by atoms with Gasteiger partial charge in [0.2, 0.25) is 5.91 Å². The summed E-state index contributed by atoms with van der Waals surface area (Å²) in [7, 11) is 0. The molecule has 0 saturated carbocycles. The zero-order chi connectivity index (χ0) is 16.7. The van der Waals surface area contributed by atoms with Gasteiger partial charge in [0.1, 0.15) is 0 Å². The van der Waals surface area contributed by atoms with E-state index in [4.69, 9.17) is 0 Å². The fraction of sp³-hybridized carbons (Fsp3) is 0.300. The van der Waals surface area contributed by atoms with E-state index in [2.05, 4.69) is 0 Å². The topological polar surface area (TPSA) is 37.4 Å². The van der Waals surface area contributed by atoms with Crippen LogP contribution >= 0.6 is 11.3 Å². The van der Waals surface area contributed by atoms with Crippen LogP contribution in [-0.4, -0.2) is 11.7 Å². The summed E-state index contributed by atoms with van der Waals surface area (Å²) in [6, 6.07) is 12.0. The molecule has 0 spiro atoms. The summed E-state index contributed by atoms with van der Waals surface area (Å²) in [5, 5.41) is 2.01. The van der Waals surface area contributed by atoms with E-state index in [-0.39, 0.29) is 17.6 Å². The molecule has 2 aliphatic rings. The van der Waals surface area contributed by atoms with Crippen LogP contribution in [0.4, 0.5) is 5.69 Å². The van der Waals surface area contributed by atoms with Crippen LogP contribution in [0.1, 0.15) is 42.0 Å². The summed E-state index contributed by atoms with van der Waals surface area (Å²) in [5.41, 5.74) is 3.82. The third-order valence-electron chi connectivity index (χ3n) is 4.85. The third-order valence-corrected chi connectivity index (χ3v) is 5.84. The lowest BCUT2D eigenvalue weighted by Gasteiger charge is -2.38. The van der Waals surface area contributed by atoms with Gasteiger partial charge in [0, 0.05) is 40.6 Å². The number of aryl methyl sites for hydroxylation is 1. The van der Waals surface area contributed by atoms with Crippen molar-refractivity contribution in [2.24, 2.45) is 0 Å². The first-order valence-corrected chi connectivity index (χ1v) is 9.22. The number of nitrogens with zero attached hydrogens (tertiary/aromatic N) is 1. The van der Waals surface area contributed by atoms with Gasteiger partial charge in [-0.25, -0.2) is 0 Å². The van der Waals surface area contributed by atoms with Crippen LogP contribution in [0.25, 0.3) is 0 Å². The van der Waals surface area contributed by atoms with Crippen LogP contribution in [0.15, 0.2) is 53.0 Å². The average molecular weight is 337 g/mol. The molecule has 24 heavy (non-hydrogen) atoms. The molecule has 0 N–H and O–H groups in total. The highest BCUT2D eigenvalue weighted by Gasteiger charge is 2.39. The number of amides is 1. The Hall–Kier alpha value is -2.20. The second-order valence-corrected chi connectivity index (χ2v) is 7.45. The third kappa shape index (κ3) is 2.51. The summed E-state index contributed by atoms with van der Waals surface area (Å²) >= 11 is 1.63. The Morgan fingerprint density at radius 2 is 1.88 bits per heavy atom. The largest absolute Gasteiger partial charge is 0.294 e. The molecule has 0 radical (unpaired) electrons. The van der Waals surface area contributed by atoms with Gasteiger partial charge in [-0.1, -0.05) is 23.8 Å². The van der Waals surface area contributed by atoms with Crippen molar-refractivity contribution in [1.82, 2.24) is 0 Å². The second kappa shape index (κ2) is 6.02. The van der Waals surface area contributed by atoms with Crippen molar-refractivity contribution in [3.63, 3.8) is 0 Å². The molecule has 1 aromatic carbocycles. The lowest BCUT2D eigenvalue weighted by Crippen LogP contribution is -2.40. The highest BCUT2D eigenvalue weighted by Crippen LogP contribution is 2.44. The Morgan fingerprint density at radius 1 is 1.08 bits per heavy atom. The normalized spacial score (nSPS) is 21.2. The lowest BCUT2D eigenvalue weighted by molar-refractivity contribution is -0.119. The molecule has 1 atom stereocenters.